The molecule has 20 heavy (non-hydrogen) atoms. The number of hydrogen-bond donors (Lipinski definition) is 1. The Labute approximate surface area is 131 Å². The van der Waals surface area contributed by atoms with Gasteiger partial charge >= 0.3 is 0 Å². The first-order valence-electron chi connectivity index (χ1n) is 6.06. The van der Waals surface area contributed by atoms with E-state index in [4.69, 9.17) is 16.3 Å². The zero-order valence-corrected chi connectivity index (χ0v) is 13.4. The van der Waals surface area contributed by atoms with Gasteiger partial charge in [0.2, 0.25) is 0 Å². The van der Waals surface area contributed by atoms with E-state index in [1.165, 1.54) is 12.1 Å². The fourth-order valence-electron chi connectivity index (χ4n) is 1.89. The minimum absolute atomic E-state index is 0.00404. The average molecular weight is 359 g/mol. The quantitative estimate of drug-likeness (QED) is 0.787. The molecule has 0 amide bonds. The molecule has 0 aliphatic heterocycles. The minimum Gasteiger partial charge on any atom is -0.497 e. The average Bonchev–Trinajstić information content (AvgIpc) is 2.42. The van der Waals surface area contributed by atoms with Crippen LogP contribution in [0.2, 0.25) is 5.02 Å². The van der Waals surface area contributed by atoms with Crippen LogP contribution in [-0.4, -0.2) is 7.11 Å². The number of methoxy groups -OCH3 is 1. The standard InChI is InChI=1S/C15H14BrClFNO/c1-9(10-4-3-5-12(6-10)20-2)19-15-13(16)7-11(18)8-14(15)17/h3-9,19H,1-2H3. The Bertz CT molecular complexity index is 598. The Morgan fingerprint density at radius 2 is 2.05 bits per heavy atom. The third-order valence-corrected chi connectivity index (χ3v) is 3.89. The largest absolute Gasteiger partial charge is 0.497 e. The van der Waals surface area contributed by atoms with Crippen molar-refractivity contribution in [2.75, 3.05) is 12.4 Å². The van der Waals surface area contributed by atoms with Crippen molar-refractivity contribution in [2.24, 2.45) is 0 Å². The molecule has 0 heterocycles. The molecule has 2 rings (SSSR count). The zero-order chi connectivity index (χ0) is 14.7. The molecule has 0 fully saturated rings. The molecule has 0 aliphatic rings. The van der Waals surface area contributed by atoms with Crippen LogP contribution in [0.15, 0.2) is 40.9 Å². The Hall–Kier alpha value is -1.26. The van der Waals surface area contributed by atoms with E-state index in [1.54, 1.807) is 7.11 Å². The predicted molar refractivity (Wildman–Crippen MR) is 84.1 cm³/mol. The molecule has 1 atom stereocenters. The van der Waals surface area contributed by atoms with Gasteiger partial charge in [-0.3, -0.25) is 0 Å². The summed E-state index contributed by atoms with van der Waals surface area (Å²) >= 11 is 9.38. The van der Waals surface area contributed by atoms with Gasteiger partial charge in [-0.2, -0.15) is 0 Å². The van der Waals surface area contributed by atoms with E-state index in [0.29, 0.717) is 15.2 Å². The molecule has 5 heteroatoms. The van der Waals surface area contributed by atoms with E-state index >= 15 is 0 Å². The van der Waals surface area contributed by atoms with Gasteiger partial charge in [0.25, 0.3) is 0 Å². The summed E-state index contributed by atoms with van der Waals surface area (Å²) < 4.78 is 19.0. The Kier molecular flexibility index (Phi) is 4.89. The molecule has 106 valence electrons. The lowest BCUT2D eigenvalue weighted by atomic mass is 10.1. The van der Waals surface area contributed by atoms with Gasteiger partial charge in [0.15, 0.2) is 0 Å². The highest BCUT2D eigenvalue weighted by Crippen LogP contribution is 2.34. The van der Waals surface area contributed by atoms with Gasteiger partial charge in [-0.05, 0) is 52.7 Å². The van der Waals surface area contributed by atoms with Crippen molar-refractivity contribution in [1.82, 2.24) is 0 Å². The van der Waals surface area contributed by atoms with Gasteiger partial charge < -0.3 is 10.1 Å². The third-order valence-electron chi connectivity index (χ3n) is 2.96. The fourth-order valence-corrected chi connectivity index (χ4v) is 2.81. The third kappa shape index (κ3) is 3.44. The van der Waals surface area contributed by atoms with Crippen LogP contribution in [0.5, 0.6) is 5.75 Å². The monoisotopic (exact) mass is 357 g/mol. The topological polar surface area (TPSA) is 21.3 Å². The fraction of sp³-hybridized carbons (Fsp3) is 0.200. The Morgan fingerprint density at radius 1 is 1.30 bits per heavy atom. The predicted octanol–water partition coefficient (Wildman–Crippen LogP) is 5.42. The van der Waals surface area contributed by atoms with Crippen LogP contribution >= 0.6 is 27.5 Å². The highest BCUT2D eigenvalue weighted by Gasteiger charge is 2.12. The molecule has 0 saturated heterocycles. The van der Waals surface area contributed by atoms with Crippen molar-refractivity contribution >= 4 is 33.2 Å². The van der Waals surface area contributed by atoms with Crippen molar-refractivity contribution in [2.45, 2.75) is 13.0 Å². The first-order chi connectivity index (χ1) is 9.51. The van der Waals surface area contributed by atoms with E-state index in [0.717, 1.165) is 11.3 Å². The second-order valence-electron chi connectivity index (χ2n) is 4.39. The first kappa shape index (κ1) is 15.1. The second kappa shape index (κ2) is 6.46. The summed E-state index contributed by atoms with van der Waals surface area (Å²) in [5.74, 6) is 0.418. The van der Waals surface area contributed by atoms with Crippen LogP contribution in [0, 0.1) is 5.82 Å². The summed E-state index contributed by atoms with van der Waals surface area (Å²) in [5.41, 5.74) is 1.72. The maximum absolute atomic E-state index is 13.2. The summed E-state index contributed by atoms with van der Waals surface area (Å²) in [6.07, 6.45) is 0. The molecule has 1 N–H and O–H groups in total. The number of rotatable bonds is 4. The van der Waals surface area contributed by atoms with Gasteiger partial charge in [0.1, 0.15) is 11.6 Å². The lowest BCUT2D eigenvalue weighted by Crippen LogP contribution is -2.08. The molecule has 2 aromatic rings. The SMILES string of the molecule is COc1cccc(C(C)Nc2c(Cl)cc(F)cc2Br)c1. The van der Waals surface area contributed by atoms with Crippen LogP contribution < -0.4 is 10.1 Å². The number of anilines is 1. The van der Waals surface area contributed by atoms with E-state index in [1.807, 2.05) is 31.2 Å². The molecule has 0 spiro atoms. The molecule has 0 aliphatic carbocycles. The molecule has 0 aromatic heterocycles. The molecule has 2 nitrogen and oxygen atoms in total. The lowest BCUT2D eigenvalue weighted by Gasteiger charge is -2.18. The van der Waals surface area contributed by atoms with E-state index in [-0.39, 0.29) is 11.9 Å². The molecule has 0 bridgehead atoms. The van der Waals surface area contributed by atoms with Crippen LogP contribution in [0.1, 0.15) is 18.5 Å². The van der Waals surface area contributed by atoms with Crippen molar-refractivity contribution in [3.8, 4) is 5.75 Å². The first-order valence-corrected chi connectivity index (χ1v) is 7.23. The van der Waals surface area contributed by atoms with Crippen LogP contribution in [-0.2, 0) is 0 Å². The second-order valence-corrected chi connectivity index (χ2v) is 5.65. The normalized spacial score (nSPS) is 12.1. The number of ether oxygens (including phenoxy) is 1. The summed E-state index contributed by atoms with van der Waals surface area (Å²) in [5, 5.41) is 3.61. The van der Waals surface area contributed by atoms with Crippen LogP contribution in [0.3, 0.4) is 0 Å². The summed E-state index contributed by atoms with van der Waals surface area (Å²) in [6, 6.07) is 10.4. The Balaban J connectivity index is 2.25. The lowest BCUT2D eigenvalue weighted by molar-refractivity contribution is 0.414. The number of nitrogens with one attached hydrogen (secondary N) is 1. The van der Waals surface area contributed by atoms with Crippen molar-refractivity contribution in [3.05, 3.63) is 57.3 Å². The van der Waals surface area contributed by atoms with E-state index in [9.17, 15) is 4.39 Å². The smallest absolute Gasteiger partial charge is 0.125 e. The van der Waals surface area contributed by atoms with Crippen LogP contribution in [0.25, 0.3) is 0 Å². The molecule has 1 unspecified atom stereocenters. The minimum atomic E-state index is -0.374. The van der Waals surface area contributed by atoms with Gasteiger partial charge in [0, 0.05) is 10.5 Å². The Morgan fingerprint density at radius 3 is 2.70 bits per heavy atom. The molecule has 2 aromatic carbocycles. The maximum Gasteiger partial charge on any atom is 0.125 e. The molecular weight excluding hydrogens is 345 g/mol. The summed E-state index contributed by atoms with van der Waals surface area (Å²) in [7, 11) is 1.63. The van der Waals surface area contributed by atoms with Crippen LogP contribution in [0.4, 0.5) is 10.1 Å². The summed E-state index contributed by atoms with van der Waals surface area (Å²) in [4.78, 5) is 0. The van der Waals surface area contributed by atoms with E-state index < -0.39 is 0 Å². The van der Waals surface area contributed by atoms with Gasteiger partial charge in [-0.1, -0.05) is 23.7 Å². The number of halogens is 3. The number of benzene rings is 2. The van der Waals surface area contributed by atoms with Crippen molar-refractivity contribution in [3.63, 3.8) is 0 Å². The van der Waals surface area contributed by atoms with E-state index in [2.05, 4.69) is 21.2 Å². The molecular formula is C15H14BrClFNO. The van der Waals surface area contributed by atoms with Crippen molar-refractivity contribution in [1.29, 1.82) is 0 Å². The summed E-state index contributed by atoms with van der Waals surface area (Å²) in [6.45, 7) is 2.00. The highest BCUT2D eigenvalue weighted by molar-refractivity contribution is 9.10. The zero-order valence-electron chi connectivity index (χ0n) is 11.1. The van der Waals surface area contributed by atoms with Gasteiger partial charge in [-0.25, -0.2) is 4.39 Å². The molecule has 0 saturated carbocycles. The van der Waals surface area contributed by atoms with Crippen molar-refractivity contribution < 1.29 is 9.13 Å². The van der Waals surface area contributed by atoms with Gasteiger partial charge in [0.05, 0.1) is 17.8 Å². The number of hydrogen-bond acceptors (Lipinski definition) is 2. The highest BCUT2D eigenvalue weighted by atomic mass is 79.9. The maximum atomic E-state index is 13.2. The molecule has 0 radical (unpaired) electrons. The van der Waals surface area contributed by atoms with Gasteiger partial charge in [-0.15, -0.1) is 0 Å².